The van der Waals surface area contributed by atoms with Gasteiger partial charge in [0.05, 0.1) is 23.1 Å². The van der Waals surface area contributed by atoms with Crippen molar-refractivity contribution in [1.82, 2.24) is 14.8 Å². The minimum Gasteiger partial charge on any atom is -0.481 e. The Labute approximate surface area is 190 Å². The zero-order chi connectivity index (χ0) is 22.5. The first-order valence-corrected chi connectivity index (χ1v) is 11.7. The highest BCUT2D eigenvalue weighted by molar-refractivity contribution is 5.98. The molecule has 3 heterocycles. The van der Waals surface area contributed by atoms with Crippen LogP contribution in [0.3, 0.4) is 0 Å². The van der Waals surface area contributed by atoms with Crippen molar-refractivity contribution >= 4 is 27.8 Å². The zero-order valence-corrected chi connectivity index (χ0v) is 18.3. The molecule has 0 atom stereocenters. The number of ether oxygens (including phenoxy) is 1. The van der Waals surface area contributed by atoms with Crippen LogP contribution in [-0.4, -0.2) is 39.1 Å². The maximum absolute atomic E-state index is 13.8. The third-order valence-corrected chi connectivity index (χ3v) is 7.44. The number of halogens is 1. The number of hydrogen-bond acceptors (Lipinski definition) is 3. The normalized spacial score (nSPS) is 21.5. The molecule has 170 valence electrons. The van der Waals surface area contributed by atoms with E-state index in [2.05, 4.69) is 26.9 Å². The highest BCUT2D eigenvalue weighted by Crippen LogP contribution is 2.44. The van der Waals surface area contributed by atoms with Crippen molar-refractivity contribution in [3.05, 3.63) is 59.7 Å². The second kappa shape index (κ2) is 7.99. The second-order valence-electron chi connectivity index (χ2n) is 9.47. The highest BCUT2D eigenvalue weighted by atomic mass is 19.1. The molecule has 0 unspecified atom stereocenters. The van der Waals surface area contributed by atoms with E-state index < -0.39 is 5.97 Å². The van der Waals surface area contributed by atoms with Gasteiger partial charge in [0.2, 0.25) is 0 Å². The minimum absolute atomic E-state index is 0.230. The number of fused-ring (bicyclic) bond motifs is 2. The van der Waals surface area contributed by atoms with Crippen LogP contribution in [0.4, 0.5) is 4.39 Å². The molecule has 2 aliphatic rings. The summed E-state index contributed by atoms with van der Waals surface area (Å²) in [5, 5.41) is 18.9. The third kappa shape index (κ3) is 3.51. The molecular formula is C26H26FN3O3. The van der Waals surface area contributed by atoms with E-state index in [9.17, 15) is 14.3 Å². The first kappa shape index (κ1) is 20.4. The summed E-state index contributed by atoms with van der Waals surface area (Å²) >= 11 is 0. The molecule has 33 heavy (non-hydrogen) atoms. The SMILES string of the molecule is O=C(O)[C@H]1C[C@H](Cc2c(C3CCOCC3)n(-c3ccc(F)cc3)c3cc4cn[nH]c4cc23)C1. The standard InChI is InChI=1S/C26H26FN3O3/c27-19-1-3-20(4-2-19)30-24-12-18-14-28-29-23(18)13-21(24)22(11-15-9-17(10-15)26(31)32)25(30)16-5-7-33-8-6-16/h1-4,12-17H,5-11H2,(H,28,29)(H,31,32)/t15-,17-. The van der Waals surface area contributed by atoms with Gasteiger partial charge in [-0.3, -0.25) is 9.89 Å². The van der Waals surface area contributed by atoms with Crippen molar-refractivity contribution in [2.45, 2.75) is 38.0 Å². The molecule has 1 aliphatic heterocycles. The molecule has 2 aromatic heterocycles. The lowest BCUT2D eigenvalue weighted by atomic mass is 9.71. The number of H-pyrrole nitrogens is 1. The number of nitrogens with zero attached hydrogens (tertiary/aromatic N) is 2. The van der Waals surface area contributed by atoms with Crippen molar-refractivity contribution in [3.8, 4) is 5.69 Å². The smallest absolute Gasteiger partial charge is 0.306 e. The van der Waals surface area contributed by atoms with Crippen LogP contribution < -0.4 is 0 Å². The Morgan fingerprint density at radius 2 is 1.94 bits per heavy atom. The van der Waals surface area contributed by atoms with Crippen LogP contribution in [0.5, 0.6) is 0 Å². The van der Waals surface area contributed by atoms with Crippen molar-refractivity contribution in [2.24, 2.45) is 11.8 Å². The van der Waals surface area contributed by atoms with Gasteiger partial charge < -0.3 is 14.4 Å². The first-order valence-electron chi connectivity index (χ1n) is 11.7. The van der Waals surface area contributed by atoms with E-state index in [1.54, 1.807) is 0 Å². The quantitative estimate of drug-likeness (QED) is 0.441. The van der Waals surface area contributed by atoms with Crippen molar-refractivity contribution in [2.75, 3.05) is 13.2 Å². The van der Waals surface area contributed by atoms with Gasteiger partial charge in [0.25, 0.3) is 0 Å². The third-order valence-electron chi connectivity index (χ3n) is 7.44. The summed E-state index contributed by atoms with van der Waals surface area (Å²) in [7, 11) is 0. The molecule has 2 N–H and O–H groups in total. The lowest BCUT2D eigenvalue weighted by Crippen LogP contribution is -2.31. The van der Waals surface area contributed by atoms with E-state index >= 15 is 0 Å². The van der Waals surface area contributed by atoms with Crippen LogP contribution in [0.1, 0.15) is 42.9 Å². The molecule has 4 aromatic rings. The molecule has 0 spiro atoms. The molecule has 0 bridgehead atoms. The molecular weight excluding hydrogens is 421 g/mol. The van der Waals surface area contributed by atoms with Gasteiger partial charge in [-0.25, -0.2) is 4.39 Å². The first-order chi connectivity index (χ1) is 16.1. The van der Waals surface area contributed by atoms with Gasteiger partial charge in [-0.15, -0.1) is 0 Å². The van der Waals surface area contributed by atoms with Gasteiger partial charge in [-0.2, -0.15) is 5.10 Å². The second-order valence-corrected chi connectivity index (χ2v) is 9.47. The molecule has 7 heteroatoms. The number of aliphatic carboxylic acids is 1. The van der Waals surface area contributed by atoms with Crippen LogP contribution in [0.15, 0.2) is 42.6 Å². The number of aromatic amines is 1. The number of rotatable bonds is 5. The van der Waals surface area contributed by atoms with Crippen molar-refractivity contribution in [3.63, 3.8) is 0 Å². The van der Waals surface area contributed by atoms with Crippen molar-refractivity contribution in [1.29, 1.82) is 0 Å². The Morgan fingerprint density at radius 3 is 2.67 bits per heavy atom. The lowest BCUT2D eigenvalue weighted by Gasteiger charge is -2.33. The Morgan fingerprint density at radius 1 is 1.18 bits per heavy atom. The average Bonchev–Trinajstić information content (AvgIpc) is 3.37. The fraction of sp³-hybridized carbons (Fsp3) is 0.385. The summed E-state index contributed by atoms with van der Waals surface area (Å²) in [6.07, 6.45) is 5.99. The molecule has 2 aromatic carbocycles. The van der Waals surface area contributed by atoms with Gasteiger partial charge in [0.1, 0.15) is 5.82 Å². The van der Waals surface area contributed by atoms with E-state index in [0.29, 0.717) is 11.8 Å². The van der Waals surface area contributed by atoms with Crippen LogP contribution in [0.2, 0.25) is 0 Å². The molecule has 0 amide bonds. The zero-order valence-electron chi connectivity index (χ0n) is 18.3. The number of carboxylic acids is 1. The average molecular weight is 448 g/mol. The van der Waals surface area contributed by atoms with E-state index in [4.69, 9.17) is 4.74 Å². The molecule has 6 rings (SSSR count). The van der Waals surface area contributed by atoms with Gasteiger partial charge in [-0.1, -0.05) is 0 Å². The summed E-state index contributed by atoms with van der Waals surface area (Å²) in [5.74, 6) is -0.489. The number of hydrogen-bond donors (Lipinski definition) is 2. The van der Waals surface area contributed by atoms with E-state index in [-0.39, 0.29) is 11.7 Å². The molecule has 1 aliphatic carbocycles. The fourth-order valence-electron chi connectivity index (χ4n) is 5.68. The number of aromatic nitrogens is 3. The molecule has 2 fully saturated rings. The Bertz CT molecular complexity index is 1330. The van der Waals surface area contributed by atoms with E-state index in [0.717, 1.165) is 72.8 Å². The Balaban J connectivity index is 1.56. The fourth-order valence-corrected chi connectivity index (χ4v) is 5.68. The summed E-state index contributed by atoms with van der Waals surface area (Å²) in [6.45, 7) is 1.45. The minimum atomic E-state index is -0.691. The van der Waals surface area contributed by atoms with Gasteiger partial charge in [0, 0.05) is 41.3 Å². The van der Waals surface area contributed by atoms with Crippen LogP contribution >= 0.6 is 0 Å². The number of benzene rings is 2. The highest BCUT2D eigenvalue weighted by Gasteiger charge is 2.36. The maximum Gasteiger partial charge on any atom is 0.306 e. The largest absolute Gasteiger partial charge is 0.481 e. The molecule has 6 nitrogen and oxygen atoms in total. The summed E-state index contributed by atoms with van der Waals surface area (Å²) in [5.41, 5.74) is 5.55. The number of carbonyl (C=O) groups is 1. The van der Waals surface area contributed by atoms with Gasteiger partial charge >= 0.3 is 5.97 Å². The predicted octanol–water partition coefficient (Wildman–Crippen LogP) is 5.19. The predicted molar refractivity (Wildman–Crippen MR) is 123 cm³/mol. The molecule has 1 saturated heterocycles. The van der Waals surface area contributed by atoms with E-state index in [1.807, 2.05) is 18.3 Å². The van der Waals surface area contributed by atoms with E-state index in [1.165, 1.54) is 23.4 Å². The Hall–Kier alpha value is -3.19. The van der Waals surface area contributed by atoms with Crippen molar-refractivity contribution < 1.29 is 19.0 Å². The van der Waals surface area contributed by atoms with Crippen LogP contribution in [0, 0.1) is 17.7 Å². The summed E-state index contributed by atoms with van der Waals surface area (Å²) < 4.78 is 21.7. The topological polar surface area (TPSA) is 80.1 Å². The van der Waals surface area contributed by atoms with Crippen LogP contribution in [-0.2, 0) is 16.0 Å². The van der Waals surface area contributed by atoms with Gasteiger partial charge in [0.15, 0.2) is 0 Å². The maximum atomic E-state index is 13.8. The lowest BCUT2D eigenvalue weighted by molar-refractivity contribution is -0.146. The molecule has 1 saturated carbocycles. The van der Waals surface area contributed by atoms with Gasteiger partial charge in [-0.05, 0) is 80.0 Å². The summed E-state index contributed by atoms with van der Waals surface area (Å²) in [4.78, 5) is 11.4. The molecule has 0 radical (unpaired) electrons. The monoisotopic (exact) mass is 447 g/mol. The number of nitrogens with one attached hydrogen (secondary N) is 1. The number of carboxylic acid groups (broad SMARTS) is 1. The van der Waals surface area contributed by atoms with Crippen LogP contribution in [0.25, 0.3) is 27.5 Å². The summed E-state index contributed by atoms with van der Waals surface area (Å²) in [6, 6.07) is 11.0. The Kier molecular flexibility index (Phi) is 4.94.